The first-order valence-electron chi connectivity index (χ1n) is 11.1. The third-order valence-electron chi connectivity index (χ3n) is 4.88. The van der Waals surface area contributed by atoms with Crippen molar-refractivity contribution in [3.05, 3.63) is 63.5 Å². The first-order valence-corrected chi connectivity index (χ1v) is 12.8. The summed E-state index contributed by atoms with van der Waals surface area (Å²) in [5.74, 6) is -0.177. The van der Waals surface area contributed by atoms with E-state index in [-0.39, 0.29) is 35.0 Å². The number of unbranched alkanes of at least 4 members (excludes halogenated alkanes) is 2. The average molecular weight is 544 g/mol. The van der Waals surface area contributed by atoms with Gasteiger partial charge in [0.25, 0.3) is 5.91 Å². The Morgan fingerprint density at radius 1 is 1.11 bits per heavy atom. The lowest BCUT2D eigenvalue weighted by atomic mass is 10.2. The summed E-state index contributed by atoms with van der Waals surface area (Å²) in [5, 5.41) is 32.1. The highest BCUT2D eigenvalue weighted by atomic mass is 32.1. The molecule has 0 atom stereocenters. The minimum atomic E-state index is -0.546. The highest BCUT2D eigenvalue weighted by Crippen LogP contribution is 2.25. The van der Waals surface area contributed by atoms with Crippen molar-refractivity contribution in [3.8, 4) is 5.75 Å². The first kappa shape index (κ1) is 25.8. The van der Waals surface area contributed by atoms with Crippen molar-refractivity contribution >= 4 is 49.8 Å². The summed E-state index contributed by atoms with van der Waals surface area (Å²) in [4.78, 5) is 38.5. The van der Waals surface area contributed by atoms with Gasteiger partial charge < -0.3 is 10.1 Å². The molecule has 192 valence electrons. The van der Waals surface area contributed by atoms with E-state index in [1.54, 1.807) is 35.1 Å². The number of ether oxygens (including phenoxy) is 1. The predicted octanol–water partition coefficient (Wildman–Crippen LogP) is 3.52. The molecule has 0 spiro atoms. The van der Waals surface area contributed by atoms with E-state index in [2.05, 4.69) is 36.1 Å². The van der Waals surface area contributed by atoms with Gasteiger partial charge in [0.1, 0.15) is 29.8 Å². The Kier molecular flexibility index (Phi) is 8.77. The van der Waals surface area contributed by atoms with E-state index in [0.717, 1.165) is 30.4 Å². The van der Waals surface area contributed by atoms with Crippen LogP contribution in [0, 0.1) is 10.1 Å². The van der Waals surface area contributed by atoms with Crippen molar-refractivity contribution in [2.75, 3.05) is 10.6 Å². The molecule has 2 N–H and O–H groups in total. The third kappa shape index (κ3) is 7.58. The summed E-state index contributed by atoms with van der Waals surface area (Å²) in [5.41, 5.74) is 2.50. The zero-order valence-corrected chi connectivity index (χ0v) is 20.9. The lowest BCUT2D eigenvalue weighted by Gasteiger charge is -2.09. The molecule has 4 aromatic rings. The minimum Gasteiger partial charge on any atom is -0.486 e. The van der Waals surface area contributed by atoms with E-state index < -0.39 is 4.92 Å². The van der Waals surface area contributed by atoms with Crippen LogP contribution in [-0.4, -0.2) is 46.9 Å². The number of aryl methyl sites for hydroxylation is 1. The Hall–Kier alpha value is -4.31. The second-order valence-corrected chi connectivity index (χ2v) is 9.42. The summed E-state index contributed by atoms with van der Waals surface area (Å²) in [7, 11) is 0. The number of nitrogens with one attached hydrogen (secondary N) is 2. The monoisotopic (exact) mass is 543 g/mol. The van der Waals surface area contributed by atoms with Crippen LogP contribution in [0.25, 0.3) is 0 Å². The van der Waals surface area contributed by atoms with Crippen LogP contribution in [-0.2, 0) is 17.9 Å². The number of rotatable bonds is 13. The molecule has 0 saturated heterocycles. The lowest BCUT2D eigenvalue weighted by molar-refractivity contribution is -0.380. The number of anilines is 2. The molecule has 2 amide bonds. The molecular weight excluding hydrogens is 522 g/mol. The molecule has 0 aliphatic carbocycles. The van der Waals surface area contributed by atoms with Gasteiger partial charge in [0.15, 0.2) is 5.13 Å². The normalized spacial score (nSPS) is 10.7. The molecule has 16 heteroatoms. The second kappa shape index (κ2) is 12.6. The molecule has 0 aliphatic rings. The number of carbonyl (C=O) groups is 2. The van der Waals surface area contributed by atoms with Crippen molar-refractivity contribution in [3.63, 3.8) is 0 Å². The van der Waals surface area contributed by atoms with Crippen molar-refractivity contribution in [2.24, 2.45) is 0 Å². The largest absolute Gasteiger partial charge is 0.486 e. The maximum atomic E-state index is 12.5. The van der Waals surface area contributed by atoms with Gasteiger partial charge in [-0.25, -0.2) is 4.98 Å². The zero-order chi connectivity index (χ0) is 26.0. The van der Waals surface area contributed by atoms with Gasteiger partial charge in [-0.3, -0.25) is 29.7 Å². The Labute approximate surface area is 217 Å². The predicted molar refractivity (Wildman–Crippen MR) is 135 cm³/mol. The van der Waals surface area contributed by atoms with Gasteiger partial charge in [-0.05, 0) is 36.3 Å². The summed E-state index contributed by atoms with van der Waals surface area (Å²) < 4.78 is 7.51. The van der Waals surface area contributed by atoms with E-state index >= 15 is 0 Å². The molecule has 0 aliphatic heterocycles. The van der Waals surface area contributed by atoms with Gasteiger partial charge in [0.05, 0.1) is 16.7 Å². The molecule has 3 aromatic heterocycles. The van der Waals surface area contributed by atoms with E-state index in [1.165, 1.54) is 16.8 Å². The number of amides is 2. The van der Waals surface area contributed by atoms with E-state index in [4.69, 9.17) is 4.74 Å². The summed E-state index contributed by atoms with van der Waals surface area (Å²) in [6.45, 7) is 0.756. The first-order chi connectivity index (χ1) is 18.0. The molecule has 0 unspecified atom stereocenters. The van der Waals surface area contributed by atoms with E-state index in [1.807, 2.05) is 0 Å². The van der Waals surface area contributed by atoms with Crippen molar-refractivity contribution < 1.29 is 19.2 Å². The minimum absolute atomic E-state index is 0.118. The van der Waals surface area contributed by atoms with Crippen LogP contribution in [0.15, 0.2) is 42.2 Å². The van der Waals surface area contributed by atoms with E-state index in [9.17, 15) is 19.7 Å². The Morgan fingerprint density at radius 3 is 2.76 bits per heavy atom. The maximum Gasteiger partial charge on any atom is 0.345 e. The fourth-order valence-corrected chi connectivity index (χ4v) is 4.25. The van der Waals surface area contributed by atoms with Crippen LogP contribution in [0.2, 0.25) is 0 Å². The number of carbonyl (C=O) groups excluding carboxylic acids is 2. The molecule has 14 nitrogen and oxygen atoms in total. The molecule has 0 bridgehead atoms. The smallest absolute Gasteiger partial charge is 0.345 e. The number of nitrogens with zero attached hydrogens (tertiary/aromatic N) is 7. The number of benzene rings is 1. The highest BCUT2D eigenvalue weighted by molar-refractivity contribution is 7.18. The Bertz CT molecular complexity index is 1360. The quantitative estimate of drug-likeness (QED) is 0.144. The van der Waals surface area contributed by atoms with Crippen molar-refractivity contribution in [1.82, 2.24) is 30.2 Å². The summed E-state index contributed by atoms with van der Waals surface area (Å²) in [6.07, 6.45) is 5.40. The number of aromatic nitrogens is 6. The zero-order valence-electron chi connectivity index (χ0n) is 19.3. The molecular formula is C21H21N9O5S2. The van der Waals surface area contributed by atoms with Crippen LogP contribution >= 0.6 is 22.7 Å². The molecule has 3 heterocycles. The summed E-state index contributed by atoms with van der Waals surface area (Å²) >= 11 is 2.04. The van der Waals surface area contributed by atoms with Crippen LogP contribution in [0.4, 0.5) is 15.3 Å². The van der Waals surface area contributed by atoms with Crippen LogP contribution < -0.4 is 15.4 Å². The molecule has 0 fully saturated rings. The van der Waals surface area contributed by atoms with Gasteiger partial charge in [0.2, 0.25) is 11.0 Å². The second-order valence-electron chi connectivity index (χ2n) is 7.58. The Morgan fingerprint density at radius 2 is 1.97 bits per heavy atom. The van der Waals surface area contributed by atoms with Gasteiger partial charge in [-0.1, -0.05) is 35.1 Å². The molecule has 37 heavy (non-hydrogen) atoms. The summed E-state index contributed by atoms with van der Waals surface area (Å²) in [6, 6.07) is 6.87. The molecule has 1 aromatic carbocycles. The Balaban J connectivity index is 1.17. The highest BCUT2D eigenvalue weighted by Gasteiger charge is 2.15. The number of para-hydroxylation sites is 1. The molecule has 4 rings (SSSR count). The van der Waals surface area contributed by atoms with Crippen LogP contribution in [0.5, 0.6) is 5.75 Å². The van der Waals surface area contributed by atoms with Gasteiger partial charge in [-0.2, -0.15) is 0 Å². The maximum absolute atomic E-state index is 12.5. The fourth-order valence-electron chi connectivity index (χ4n) is 3.16. The number of hydrogen-bond acceptors (Lipinski definition) is 12. The average Bonchev–Trinajstić information content (AvgIpc) is 3.65. The SMILES string of the molecule is O=C(CCCCCn1cc(COc2ccccc2C(=O)Nc2nncs2)nn1)Nc1ncc([N+](=O)[O-])s1. The number of nitro groups is 1. The van der Waals surface area contributed by atoms with Crippen molar-refractivity contribution in [2.45, 2.75) is 38.8 Å². The van der Waals surface area contributed by atoms with Crippen molar-refractivity contribution in [1.29, 1.82) is 0 Å². The number of hydrogen-bond donors (Lipinski definition) is 2. The van der Waals surface area contributed by atoms with Crippen LogP contribution in [0.1, 0.15) is 41.7 Å². The molecule has 0 radical (unpaired) electrons. The standard InChI is InChI=1S/C21H21N9O5S2/c31-17(24-20-22-10-18(37-20)30(33)34)8-2-1-5-9-29-11-14(26-28-29)12-35-16-7-4-3-6-15(16)19(32)25-21-27-23-13-36-21/h3-4,6-7,10-11,13H,1-2,5,8-9,12H2,(H,22,24,31)(H,25,27,32). The van der Waals surface area contributed by atoms with Gasteiger partial charge in [0, 0.05) is 13.0 Å². The fraction of sp³-hybridized carbons (Fsp3) is 0.286. The topological polar surface area (TPSA) is 180 Å². The third-order valence-corrected chi connectivity index (χ3v) is 6.36. The lowest BCUT2D eigenvalue weighted by Crippen LogP contribution is -2.13. The van der Waals surface area contributed by atoms with Crippen LogP contribution in [0.3, 0.4) is 0 Å². The van der Waals surface area contributed by atoms with E-state index in [0.29, 0.717) is 35.1 Å². The molecule has 0 saturated carbocycles. The number of thiazole rings is 1. The van der Waals surface area contributed by atoms with Gasteiger partial charge >= 0.3 is 5.00 Å². The van der Waals surface area contributed by atoms with Gasteiger partial charge in [-0.15, -0.1) is 15.3 Å².